The molecule has 1 aliphatic rings. The first-order chi connectivity index (χ1) is 9.88. The van der Waals surface area contributed by atoms with Gasteiger partial charge in [0.15, 0.2) is 5.82 Å². The molecule has 0 aromatic carbocycles. The first-order valence-electron chi connectivity index (χ1n) is 5.87. The van der Waals surface area contributed by atoms with Crippen LogP contribution in [0.5, 0.6) is 0 Å². The normalized spacial score (nSPS) is 13.3. The zero-order valence-electron chi connectivity index (χ0n) is 10.6. The molecule has 0 unspecified atom stereocenters. The Kier molecular flexibility index (Phi) is 4.22. The standard InChI is InChI=1S/C10H10N4.C2HF3O2/c1-2-4-12-10(3-1)14-7-8-5-11-6-9(8)13-14;3-2(4,5)1(6)7/h1-4,7,11H,5-6H2;(H,6,7). The SMILES string of the molecule is O=C(O)C(F)(F)F.c1ccc(-n2cc3c(n2)CNC3)nc1. The summed E-state index contributed by atoms with van der Waals surface area (Å²) in [6, 6.07) is 5.82. The number of pyridine rings is 1. The van der Waals surface area contributed by atoms with Crippen LogP contribution in [0, 0.1) is 0 Å². The van der Waals surface area contributed by atoms with Gasteiger partial charge in [-0.05, 0) is 12.1 Å². The second-order valence-electron chi connectivity index (χ2n) is 4.14. The van der Waals surface area contributed by atoms with Gasteiger partial charge in [0.25, 0.3) is 0 Å². The van der Waals surface area contributed by atoms with Crippen LogP contribution in [0.3, 0.4) is 0 Å². The van der Waals surface area contributed by atoms with Crippen LogP contribution in [0.15, 0.2) is 30.6 Å². The molecule has 2 aromatic rings. The average molecular weight is 300 g/mol. The van der Waals surface area contributed by atoms with Crippen molar-refractivity contribution in [3.8, 4) is 5.82 Å². The molecule has 0 bridgehead atoms. The predicted octanol–water partition coefficient (Wildman–Crippen LogP) is 1.50. The van der Waals surface area contributed by atoms with Crippen molar-refractivity contribution in [2.75, 3.05) is 0 Å². The molecule has 0 atom stereocenters. The smallest absolute Gasteiger partial charge is 0.475 e. The van der Waals surface area contributed by atoms with Gasteiger partial charge < -0.3 is 10.4 Å². The van der Waals surface area contributed by atoms with Crippen LogP contribution < -0.4 is 5.32 Å². The van der Waals surface area contributed by atoms with Gasteiger partial charge >= 0.3 is 12.1 Å². The Labute approximate surface area is 117 Å². The van der Waals surface area contributed by atoms with Gasteiger partial charge in [-0.15, -0.1) is 0 Å². The highest BCUT2D eigenvalue weighted by Gasteiger charge is 2.38. The maximum Gasteiger partial charge on any atom is 0.490 e. The maximum absolute atomic E-state index is 10.6. The van der Waals surface area contributed by atoms with Crippen LogP contribution >= 0.6 is 0 Å². The topological polar surface area (TPSA) is 80.0 Å². The van der Waals surface area contributed by atoms with Crippen molar-refractivity contribution in [2.24, 2.45) is 0 Å². The summed E-state index contributed by atoms with van der Waals surface area (Å²) >= 11 is 0. The lowest BCUT2D eigenvalue weighted by Gasteiger charge is -1.98. The minimum atomic E-state index is -5.08. The number of carbonyl (C=O) groups is 1. The minimum Gasteiger partial charge on any atom is -0.475 e. The lowest BCUT2D eigenvalue weighted by molar-refractivity contribution is -0.192. The number of carboxylic acid groups (broad SMARTS) is 1. The second-order valence-corrected chi connectivity index (χ2v) is 4.14. The van der Waals surface area contributed by atoms with Gasteiger partial charge in [0.05, 0.1) is 5.69 Å². The van der Waals surface area contributed by atoms with Crippen molar-refractivity contribution in [1.82, 2.24) is 20.1 Å². The van der Waals surface area contributed by atoms with E-state index < -0.39 is 12.1 Å². The first kappa shape index (κ1) is 15.0. The summed E-state index contributed by atoms with van der Waals surface area (Å²) in [6.45, 7) is 1.79. The van der Waals surface area contributed by atoms with E-state index in [-0.39, 0.29) is 0 Å². The number of rotatable bonds is 1. The van der Waals surface area contributed by atoms with Gasteiger partial charge in [-0.1, -0.05) is 6.07 Å². The molecule has 112 valence electrons. The Morgan fingerprint density at radius 3 is 2.57 bits per heavy atom. The van der Waals surface area contributed by atoms with Crippen molar-refractivity contribution in [3.63, 3.8) is 0 Å². The first-order valence-corrected chi connectivity index (χ1v) is 5.87. The summed E-state index contributed by atoms with van der Waals surface area (Å²) in [5, 5.41) is 14.8. The van der Waals surface area contributed by atoms with Gasteiger partial charge in [0.1, 0.15) is 0 Å². The lowest BCUT2D eigenvalue weighted by atomic mass is 10.3. The number of nitrogens with zero attached hydrogens (tertiary/aromatic N) is 3. The van der Waals surface area contributed by atoms with Crippen molar-refractivity contribution >= 4 is 5.97 Å². The van der Waals surface area contributed by atoms with E-state index in [1.165, 1.54) is 5.56 Å². The molecule has 9 heteroatoms. The highest BCUT2D eigenvalue weighted by Crippen LogP contribution is 2.15. The van der Waals surface area contributed by atoms with E-state index in [4.69, 9.17) is 9.90 Å². The molecular weight excluding hydrogens is 289 g/mol. The molecule has 3 heterocycles. The van der Waals surface area contributed by atoms with Gasteiger partial charge in [-0.3, -0.25) is 0 Å². The molecule has 0 saturated heterocycles. The molecule has 0 spiro atoms. The zero-order valence-corrected chi connectivity index (χ0v) is 10.6. The Morgan fingerprint density at radius 1 is 1.33 bits per heavy atom. The Hall–Kier alpha value is -2.42. The third-order valence-electron chi connectivity index (χ3n) is 2.61. The third kappa shape index (κ3) is 3.78. The Bertz CT molecular complexity index is 604. The molecule has 3 rings (SSSR count). The number of carboxylic acids is 1. The lowest BCUT2D eigenvalue weighted by Crippen LogP contribution is -2.21. The highest BCUT2D eigenvalue weighted by atomic mass is 19.4. The van der Waals surface area contributed by atoms with Gasteiger partial charge in [-0.2, -0.15) is 18.3 Å². The Balaban J connectivity index is 0.000000199. The Morgan fingerprint density at radius 2 is 2.05 bits per heavy atom. The predicted molar refractivity (Wildman–Crippen MR) is 65.6 cm³/mol. The largest absolute Gasteiger partial charge is 0.490 e. The number of nitrogens with one attached hydrogen (secondary N) is 1. The highest BCUT2D eigenvalue weighted by molar-refractivity contribution is 5.73. The van der Waals surface area contributed by atoms with Crippen LogP contribution in [0.25, 0.3) is 5.82 Å². The molecule has 0 aliphatic carbocycles. The van der Waals surface area contributed by atoms with Gasteiger partial charge in [0, 0.05) is 31.0 Å². The van der Waals surface area contributed by atoms with Gasteiger partial charge in [0.2, 0.25) is 0 Å². The number of fused-ring (bicyclic) bond motifs is 1. The van der Waals surface area contributed by atoms with Crippen molar-refractivity contribution in [1.29, 1.82) is 0 Å². The minimum absolute atomic E-state index is 0.870. The third-order valence-corrected chi connectivity index (χ3v) is 2.61. The van der Waals surface area contributed by atoms with Crippen molar-refractivity contribution < 1.29 is 23.1 Å². The van der Waals surface area contributed by atoms with Crippen LogP contribution in [-0.4, -0.2) is 32.0 Å². The van der Waals surface area contributed by atoms with Crippen molar-refractivity contribution in [2.45, 2.75) is 19.3 Å². The summed E-state index contributed by atoms with van der Waals surface area (Å²) in [6.07, 6.45) is -1.27. The molecule has 0 amide bonds. The number of alkyl halides is 3. The van der Waals surface area contributed by atoms with E-state index in [2.05, 4.69) is 15.4 Å². The summed E-state index contributed by atoms with van der Waals surface area (Å²) in [7, 11) is 0. The summed E-state index contributed by atoms with van der Waals surface area (Å²) in [5.41, 5.74) is 2.41. The number of aliphatic carboxylic acids is 1. The molecular formula is C12H11F3N4O2. The average Bonchev–Trinajstić information content (AvgIpc) is 3.00. The number of aromatic nitrogens is 3. The summed E-state index contributed by atoms with van der Waals surface area (Å²) < 4.78 is 33.6. The molecule has 21 heavy (non-hydrogen) atoms. The van der Waals surface area contributed by atoms with Gasteiger partial charge in [-0.25, -0.2) is 14.5 Å². The quantitative estimate of drug-likeness (QED) is 0.834. The molecule has 2 aromatic heterocycles. The number of halogens is 3. The zero-order chi connectivity index (χ0) is 15.5. The van der Waals surface area contributed by atoms with E-state index in [1.807, 2.05) is 29.1 Å². The molecule has 2 N–H and O–H groups in total. The molecule has 6 nitrogen and oxygen atoms in total. The van der Waals surface area contributed by atoms with E-state index in [1.54, 1.807) is 6.20 Å². The van der Waals surface area contributed by atoms with Crippen LogP contribution in [-0.2, 0) is 17.9 Å². The molecule has 0 fully saturated rings. The maximum atomic E-state index is 10.6. The molecule has 0 saturated carbocycles. The fourth-order valence-electron chi connectivity index (χ4n) is 1.66. The molecule has 0 radical (unpaired) electrons. The van der Waals surface area contributed by atoms with E-state index >= 15 is 0 Å². The summed E-state index contributed by atoms with van der Waals surface area (Å²) in [5.74, 6) is -1.88. The molecule has 1 aliphatic heterocycles. The van der Waals surface area contributed by atoms with Crippen molar-refractivity contribution in [3.05, 3.63) is 41.9 Å². The van der Waals surface area contributed by atoms with Crippen LogP contribution in [0.2, 0.25) is 0 Å². The fourth-order valence-corrected chi connectivity index (χ4v) is 1.66. The van der Waals surface area contributed by atoms with E-state index in [0.717, 1.165) is 24.6 Å². The van der Waals surface area contributed by atoms with Crippen LogP contribution in [0.4, 0.5) is 13.2 Å². The number of hydrogen-bond donors (Lipinski definition) is 2. The van der Waals surface area contributed by atoms with Crippen LogP contribution in [0.1, 0.15) is 11.3 Å². The van der Waals surface area contributed by atoms with E-state index in [0.29, 0.717) is 0 Å². The monoisotopic (exact) mass is 300 g/mol. The van der Waals surface area contributed by atoms with E-state index in [9.17, 15) is 13.2 Å². The summed E-state index contributed by atoms with van der Waals surface area (Å²) in [4.78, 5) is 13.1. The number of hydrogen-bond acceptors (Lipinski definition) is 4. The second kappa shape index (κ2) is 5.92. The fraction of sp³-hybridized carbons (Fsp3) is 0.250.